The maximum absolute atomic E-state index is 12.7. The molecule has 0 aliphatic carbocycles. The van der Waals surface area contributed by atoms with E-state index in [9.17, 15) is 4.79 Å². The second-order valence-electron chi connectivity index (χ2n) is 9.39. The fraction of sp³-hybridized carbons (Fsp3) is 0.667. The highest BCUT2D eigenvalue weighted by Gasteiger charge is 2.54. The molecule has 0 saturated carbocycles. The van der Waals surface area contributed by atoms with Crippen LogP contribution in [0.25, 0.3) is 0 Å². The van der Waals surface area contributed by atoms with Crippen LogP contribution in [0.4, 0.5) is 0 Å². The molecule has 0 amide bonds. The Hall–Kier alpha value is -1.35. The molecule has 1 aromatic carbocycles. The maximum Gasteiger partial charge on any atom is 0.338 e. The number of esters is 1. The molecule has 1 saturated heterocycles. The highest BCUT2D eigenvalue weighted by Crippen LogP contribution is 2.48. The summed E-state index contributed by atoms with van der Waals surface area (Å²) in [4.78, 5) is 15.1. The summed E-state index contributed by atoms with van der Waals surface area (Å²) < 4.78 is 6.11. The predicted octanol–water partition coefficient (Wildman–Crippen LogP) is 4.77. The quantitative estimate of drug-likeness (QED) is 0.731. The average molecular weight is 332 g/mol. The van der Waals surface area contributed by atoms with Crippen LogP contribution in [-0.4, -0.2) is 35.1 Å². The molecule has 3 heteroatoms. The monoisotopic (exact) mass is 331 g/mol. The fourth-order valence-electron chi connectivity index (χ4n) is 3.99. The van der Waals surface area contributed by atoms with Crippen molar-refractivity contribution in [3.8, 4) is 0 Å². The molecule has 1 aromatic rings. The summed E-state index contributed by atoms with van der Waals surface area (Å²) in [7, 11) is 2.14. The van der Waals surface area contributed by atoms with Crippen LogP contribution in [-0.2, 0) is 4.74 Å². The molecule has 134 valence electrons. The zero-order chi connectivity index (χ0) is 18.3. The highest BCUT2D eigenvalue weighted by atomic mass is 16.5. The molecule has 0 N–H and O–H groups in total. The van der Waals surface area contributed by atoms with Gasteiger partial charge in [0.05, 0.1) is 11.1 Å². The SMILES string of the molecule is CN1C(C)(C)CC(C(C)(C)C)C(OC(=O)c2ccccc2)C1(C)C. The molecule has 2 unspecified atom stereocenters. The number of ether oxygens (including phenoxy) is 1. The number of hydrogen-bond acceptors (Lipinski definition) is 3. The Morgan fingerprint density at radius 3 is 2.17 bits per heavy atom. The Kier molecular flexibility index (Phi) is 4.89. The molecular formula is C21H33NO2. The lowest BCUT2D eigenvalue weighted by Gasteiger charge is -2.59. The Morgan fingerprint density at radius 2 is 1.67 bits per heavy atom. The molecule has 1 heterocycles. The fourth-order valence-corrected chi connectivity index (χ4v) is 3.99. The van der Waals surface area contributed by atoms with Gasteiger partial charge in [0.1, 0.15) is 6.10 Å². The van der Waals surface area contributed by atoms with Crippen LogP contribution >= 0.6 is 0 Å². The lowest BCUT2D eigenvalue weighted by atomic mass is 9.63. The van der Waals surface area contributed by atoms with Crippen LogP contribution in [0.3, 0.4) is 0 Å². The van der Waals surface area contributed by atoms with Crippen LogP contribution in [0.5, 0.6) is 0 Å². The largest absolute Gasteiger partial charge is 0.457 e. The number of carbonyl (C=O) groups is 1. The summed E-state index contributed by atoms with van der Waals surface area (Å²) in [5, 5.41) is 0. The van der Waals surface area contributed by atoms with Gasteiger partial charge in [-0.1, -0.05) is 39.0 Å². The standard InChI is InChI=1S/C21H33NO2/c1-19(2,3)16-14-20(4,5)22(8)21(6,7)17(16)24-18(23)15-12-10-9-11-13-15/h9-13,16-17H,14H2,1-8H3. The van der Waals surface area contributed by atoms with E-state index in [4.69, 9.17) is 4.74 Å². The van der Waals surface area contributed by atoms with Gasteiger partial charge in [-0.15, -0.1) is 0 Å². The van der Waals surface area contributed by atoms with Crippen LogP contribution in [0.2, 0.25) is 0 Å². The molecule has 0 spiro atoms. The molecule has 1 fully saturated rings. The van der Waals surface area contributed by atoms with Gasteiger partial charge in [0.25, 0.3) is 0 Å². The van der Waals surface area contributed by atoms with Crippen molar-refractivity contribution < 1.29 is 9.53 Å². The van der Waals surface area contributed by atoms with Gasteiger partial charge in [-0.25, -0.2) is 4.79 Å². The van der Waals surface area contributed by atoms with E-state index in [1.165, 1.54) is 0 Å². The van der Waals surface area contributed by atoms with Crippen LogP contribution in [0.15, 0.2) is 30.3 Å². The van der Waals surface area contributed by atoms with Crippen molar-refractivity contribution in [2.24, 2.45) is 11.3 Å². The first-order valence-electron chi connectivity index (χ1n) is 8.87. The molecule has 24 heavy (non-hydrogen) atoms. The number of piperidine rings is 1. The van der Waals surface area contributed by atoms with Gasteiger partial charge in [-0.3, -0.25) is 4.90 Å². The third kappa shape index (κ3) is 3.51. The normalized spacial score (nSPS) is 26.8. The first-order chi connectivity index (χ1) is 10.9. The van der Waals surface area contributed by atoms with Crippen LogP contribution in [0.1, 0.15) is 65.2 Å². The van der Waals surface area contributed by atoms with Crippen molar-refractivity contribution in [2.75, 3.05) is 7.05 Å². The summed E-state index contributed by atoms with van der Waals surface area (Å²) in [5.74, 6) is 0.0717. The number of rotatable bonds is 2. The molecule has 3 nitrogen and oxygen atoms in total. The number of benzene rings is 1. The van der Waals surface area contributed by atoms with E-state index in [2.05, 4.69) is 60.4 Å². The average Bonchev–Trinajstić information content (AvgIpc) is 2.48. The van der Waals surface area contributed by atoms with E-state index < -0.39 is 0 Å². The van der Waals surface area contributed by atoms with Crippen LogP contribution < -0.4 is 0 Å². The van der Waals surface area contributed by atoms with E-state index in [1.54, 1.807) is 0 Å². The van der Waals surface area contributed by atoms with Gasteiger partial charge < -0.3 is 4.74 Å². The van der Waals surface area contributed by atoms with Gasteiger partial charge in [0, 0.05) is 11.5 Å². The van der Waals surface area contributed by atoms with Crippen molar-refractivity contribution in [1.82, 2.24) is 4.90 Å². The Balaban J connectivity index is 2.37. The van der Waals surface area contributed by atoms with E-state index in [0.29, 0.717) is 11.5 Å². The van der Waals surface area contributed by atoms with E-state index in [-0.39, 0.29) is 28.6 Å². The second kappa shape index (κ2) is 6.18. The minimum atomic E-state index is -0.232. The first kappa shape index (κ1) is 19.0. The number of carbonyl (C=O) groups excluding carboxylic acids is 1. The molecule has 2 rings (SSSR count). The summed E-state index contributed by atoms with van der Waals surface area (Å²) in [6.45, 7) is 15.7. The minimum absolute atomic E-state index is 0.0666. The maximum atomic E-state index is 12.7. The molecule has 1 aliphatic heterocycles. The highest BCUT2D eigenvalue weighted by molar-refractivity contribution is 5.89. The zero-order valence-electron chi connectivity index (χ0n) is 16.5. The summed E-state index contributed by atoms with van der Waals surface area (Å²) in [6, 6.07) is 9.30. The van der Waals surface area contributed by atoms with Crippen molar-refractivity contribution in [1.29, 1.82) is 0 Å². The number of hydrogen-bond donors (Lipinski definition) is 0. The lowest BCUT2D eigenvalue weighted by molar-refractivity contribution is -0.150. The topological polar surface area (TPSA) is 29.5 Å². The Labute approximate surface area is 147 Å². The zero-order valence-corrected chi connectivity index (χ0v) is 16.5. The minimum Gasteiger partial charge on any atom is -0.457 e. The van der Waals surface area contributed by atoms with Crippen molar-refractivity contribution in [3.05, 3.63) is 35.9 Å². The van der Waals surface area contributed by atoms with E-state index >= 15 is 0 Å². The third-order valence-electron chi connectivity index (χ3n) is 5.91. The van der Waals surface area contributed by atoms with Gasteiger partial charge in [-0.05, 0) is 58.7 Å². The van der Waals surface area contributed by atoms with Gasteiger partial charge in [0.15, 0.2) is 0 Å². The van der Waals surface area contributed by atoms with E-state index in [1.807, 2.05) is 30.3 Å². The molecule has 1 aliphatic rings. The van der Waals surface area contributed by atoms with Gasteiger partial charge in [0.2, 0.25) is 0 Å². The number of likely N-dealkylation sites (tertiary alicyclic amines) is 1. The van der Waals surface area contributed by atoms with Crippen molar-refractivity contribution in [2.45, 2.75) is 72.1 Å². The van der Waals surface area contributed by atoms with Crippen LogP contribution in [0, 0.1) is 11.3 Å². The van der Waals surface area contributed by atoms with Crippen molar-refractivity contribution >= 4 is 5.97 Å². The molecule has 2 atom stereocenters. The lowest BCUT2D eigenvalue weighted by Crippen LogP contribution is -2.68. The van der Waals surface area contributed by atoms with Crippen molar-refractivity contribution in [3.63, 3.8) is 0 Å². The molecule has 0 radical (unpaired) electrons. The number of nitrogens with zero attached hydrogens (tertiary/aromatic N) is 1. The van der Waals surface area contributed by atoms with Gasteiger partial charge >= 0.3 is 5.97 Å². The first-order valence-corrected chi connectivity index (χ1v) is 8.87. The number of likely N-dealkylation sites (N-methyl/N-ethyl adjacent to an activating group) is 1. The molecular weight excluding hydrogens is 298 g/mol. The summed E-state index contributed by atoms with van der Waals surface area (Å²) in [6.07, 6.45) is 0.853. The Bertz CT molecular complexity index is 584. The Morgan fingerprint density at radius 1 is 1.12 bits per heavy atom. The van der Waals surface area contributed by atoms with E-state index in [0.717, 1.165) is 6.42 Å². The summed E-state index contributed by atoms with van der Waals surface area (Å²) >= 11 is 0. The smallest absolute Gasteiger partial charge is 0.338 e. The third-order valence-corrected chi connectivity index (χ3v) is 5.91. The molecule has 0 aromatic heterocycles. The molecule has 0 bridgehead atoms. The predicted molar refractivity (Wildman–Crippen MR) is 99.1 cm³/mol. The summed E-state index contributed by atoms with van der Waals surface area (Å²) in [5.41, 5.74) is 0.520. The van der Waals surface area contributed by atoms with Gasteiger partial charge in [-0.2, -0.15) is 0 Å². The second-order valence-corrected chi connectivity index (χ2v) is 9.39.